The van der Waals surface area contributed by atoms with E-state index < -0.39 is 0 Å². The first-order valence-electron chi connectivity index (χ1n) is 7.47. The second kappa shape index (κ2) is 6.64. The van der Waals surface area contributed by atoms with Gasteiger partial charge in [-0.1, -0.05) is 12.1 Å². The molecular weight excluding hydrogens is 270 g/mol. The van der Waals surface area contributed by atoms with Crippen molar-refractivity contribution in [2.45, 2.75) is 43.1 Å². The molecule has 108 valence electrons. The highest BCUT2D eigenvalue weighted by Crippen LogP contribution is 2.30. The van der Waals surface area contributed by atoms with Crippen LogP contribution in [0.15, 0.2) is 23.1 Å². The molecule has 0 aromatic heterocycles. The van der Waals surface area contributed by atoms with Gasteiger partial charge in [0.25, 0.3) is 0 Å². The Labute approximate surface area is 124 Å². The van der Waals surface area contributed by atoms with Gasteiger partial charge in [0.1, 0.15) is 6.10 Å². The summed E-state index contributed by atoms with van der Waals surface area (Å²) in [7, 11) is 0. The van der Waals surface area contributed by atoms with E-state index in [1.165, 1.54) is 34.6 Å². The average molecular weight is 291 g/mol. The molecule has 1 atom stereocenters. The van der Waals surface area contributed by atoms with Gasteiger partial charge in [-0.05, 0) is 55.1 Å². The van der Waals surface area contributed by atoms with Crippen molar-refractivity contribution in [2.75, 3.05) is 18.9 Å². The number of carbonyl (C=O) groups excluding carboxylic acids is 1. The van der Waals surface area contributed by atoms with E-state index >= 15 is 0 Å². The predicted octanol–water partition coefficient (Wildman–Crippen LogP) is 2.56. The first-order valence-corrected chi connectivity index (χ1v) is 8.45. The van der Waals surface area contributed by atoms with E-state index in [9.17, 15) is 4.79 Å². The van der Waals surface area contributed by atoms with Crippen LogP contribution in [0.3, 0.4) is 0 Å². The first kappa shape index (κ1) is 14.0. The van der Waals surface area contributed by atoms with Crippen LogP contribution in [-0.4, -0.2) is 30.9 Å². The molecule has 0 bridgehead atoms. The van der Waals surface area contributed by atoms with Crippen molar-refractivity contribution < 1.29 is 9.53 Å². The van der Waals surface area contributed by atoms with Crippen LogP contribution in [0.1, 0.15) is 30.4 Å². The molecule has 0 saturated carbocycles. The number of rotatable bonds is 4. The highest BCUT2D eigenvalue weighted by atomic mass is 32.2. The third-order valence-corrected chi connectivity index (χ3v) is 5.11. The number of nitrogens with one attached hydrogen (secondary N) is 1. The maximum atomic E-state index is 11.8. The van der Waals surface area contributed by atoms with E-state index in [0.29, 0.717) is 6.54 Å². The monoisotopic (exact) mass is 291 g/mol. The lowest BCUT2D eigenvalue weighted by molar-refractivity contribution is -0.129. The largest absolute Gasteiger partial charge is 0.368 e. The summed E-state index contributed by atoms with van der Waals surface area (Å²) >= 11 is 1.96. The van der Waals surface area contributed by atoms with Crippen LogP contribution in [0.25, 0.3) is 0 Å². The Kier molecular flexibility index (Phi) is 4.63. The van der Waals surface area contributed by atoms with Crippen molar-refractivity contribution in [3.8, 4) is 0 Å². The number of carbonyl (C=O) groups is 1. The van der Waals surface area contributed by atoms with Gasteiger partial charge in [-0.3, -0.25) is 4.79 Å². The lowest BCUT2D eigenvalue weighted by atomic mass is 10.0. The average Bonchev–Trinajstić information content (AvgIpc) is 3.01. The van der Waals surface area contributed by atoms with Gasteiger partial charge in [0.15, 0.2) is 0 Å². The molecule has 1 aromatic rings. The number of ether oxygens (including phenoxy) is 1. The summed E-state index contributed by atoms with van der Waals surface area (Å²) in [4.78, 5) is 13.3. The van der Waals surface area contributed by atoms with Crippen molar-refractivity contribution in [3.05, 3.63) is 29.3 Å². The molecule has 0 radical (unpaired) electrons. The number of benzene rings is 1. The Bertz CT molecular complexity index is 483. The quantitative estimate of drug-likeness (QED) is 0.926. The Hall–Kier alpha value is -1.00. The van der Waals surface area contributed by atoms with Crippen LogP contribution in [0.4, 0.5) is 0 Å². The molecule has 0 spiro atoms. The number of amides is 1. The van der Waals surface area contributed by atoms with Crippen LogP contribution >= 0.6 is 11.8 Å². The van der Waals surface area contributed by atoms with Gasteiger partial charge in [0.05, 0.1) is 0 Å². The normalized spacial score (nSPS) is 21.5. The Balaban J connectivity index is 1.49. The minimum Gasteiger partial charge on any atom is -0.368 e. The van der Waals surface area contributed by atoms with Gasteiger partial charge in [-0.2, -0.15) is 0 Å². The first-order chi connectivity index (χ1) is 9.83. The molecule has 2 aliphatic rings. The fourth-order valence-corrected chi connectivity index (χ4v) is 3.82. The Morgan fingerprint density at radius 2 is 2.35 bits per heavy atom. The van der Waals surface area contributed by atoms with Crippen molar-refractivity contribution >= 4 is 17.7 Å². The number of thioether (sulfide) groups is 1. The van der Waals surface area contributed by atoms with Gasteiger partial charge in [-0.25, -0.2) is 0 Å². The van der Waals surface area contributed by atoms with E-state index in [-0.39, 0.29) is 12.0 Å². The zero-order chi connectivity index (χ0) is 13.8. The van der Waals surface area contributed by atoms with Crippen LogP contribution in [0.2, 0.25) is 0 Å². The summed E-state index contributed by atoms with van der Waals surface area (Å²) in [5, 5.41) is 2.98. The summed E-state index contributed by atoms with van der Waals surface area (Å²) in [6.07, 6.45) is 5.02. The third kappa shape index (κ3) is 3.36. The second-order valence-corrected chi connectivity index (χ2v) is 6.57. The smallest absolute Gasteiger partial charge is 0.249 e. The highest BCUT2D eigenvalue weighted by Gasteiger charge is 2.22. The molecule has 1 fully saturated rings. The van der Waals surface area contributed by atoms with Gasteiger partial charge in [-0.15, -0.1) is 11.8 Å². The van der Waals surface area contributed by atoms with Gasteiger partial charge >= 0.3 is 0 Å². The molecule has 1 N–H and O–H groups in total. The Morgan fingerprint density at radius 3 is 3.20 bits per heavy atom. The summed E-state index contributed by atoms with van der Waals surface area (Å²) in [6.45, 7) is 1.42. The fraction of sp³-hybridized carbons (Fsp3) is 0.562. The molecule has 1 saturated heterocycles. The number of fused-ring (bicyclic) bond motifs is 1. The van der Waals surface area contributed by atoms with Crippen LogP contribution < -0.4 is 5.32 Å². The van der Waals surface area contributed by atoms with Gasteiger partial charge < -0.3 is 10.1 Å². The third-order valence-electron chi connectivity index (χ3n) is 3.91. The maximum absolute atomic E-state index is 11.8. The van der Waals surface area contributed by atoms with E-state index in [4.69, 9.17) is 4.74 Å². The lowest BCUT2D eigenvalue weighted by Gasteiger charge is -2.16. The van der Waals surface area contributed by atoms with Crippen LogP contribution in [0.5, 0.6) is 0 Å². The number of hydrogen-bond acceptors (Lipinski definition) is 3. The number of hydrogen-bond donors (Lipinski definition) is 1. The van der Waals surface area contributed by atoms with Gasteiger partial charge in [0.2, 0.25) is 5.91 Å². The molecule has 0 aliphatic carbocycles. The summed E-state index contributed by atoms with van der Waals surface area (Å²) in [5.41, 5.74) is 2.79. The van der Waals surface area contributed by atoms with E-state index in [1.54, 1.807) is 0 Å². The zero-order valence-corrected chi connectivity index (χ0v) is 12.5. The molecule has 1 aromatic carbocycles. The second-order valence-electron chi connectivity index (χ2n) is 5.44. The van der Waals surface area contributed by atoms with E-state index in [0.717, 1.165) is 25.9 Å². The van der Waals surface area contributed by atoms with Crippen LogP contribution in [0, 0.1) is 0 Å². The van der Waals surface area contributed by atoms with E-state index in [1.807, 2.05) is 11.8 Å². The minimum absolute atomic E-state index is 0.0519. The van der Waals surface area contributed by atoms with E-state index in [2.05, 4.69) is 23.5 Å². The fourth-order valence-electron chi connectivity index (χ4n) is 2.80. The summed E-state index contributed by atoms with van der Waals surface area (Å²) in [5.74, 6) is 1.29. The summed E-state index contributed by atoms with van der Waals surface area (Å²) in [6, 6.07) is 6.73. The van der Waals surface area contributed by atoms with Crippen molar-refractivity contribution in [2.24, 2.45) is 0 Å². The zero-order valence-electron chi connectivity index (χ0n) is 11.7. The molecule has 2 heterocycles. The van der Waals surface area contributed by atoms with Gasteiger partial charge in [0, 0.05) is 18.0 Å². The molecule has 4 heteroatoms. The molecule has 1 unspecified atom stereocenters. The topological polar surface area (TPSA) is 38.3 Å². The molecule has 1 amide bonds. The van der Waals surface area contributed by atoms with Crippen molar-refractivity contribution in [1.29, 1.82) is 0 Å². The maximum Gasteiger partial charge on any atom is 0.249 e. The van der Waals surface area contributed by atoms with Crippen molar-refractivity contribution in [3.63, 3.8) is 0 Å². The minimum atomic E-state index is -0.213. The highest BCUT2D eigenvalue weighted by molar-refractivity contribution is 7.99. The SMILES string of the molecule is O=C(NCCc1ccc2c(c1)CCCS2)C1CCCO1. The molecule has 3 nitrogen and oxygen atoms in total. The van der Waals surface area contributed by atoms with Crippen LogP contribution in [-0.2, 0) is 22.4 Å². The number of aryl methyl sites for hydroxylation is 1. The Morgan fingerprint density at radius 1 is 1.40 bits per heavy atom. The molecule has 3 rings (SSSR count). The standard InChI is InChI=1S/C16H21NO2S/c18-16(14-4-1-9-19-14)17-8-7-12-5-6-15-13(11-12)3-2-10-20-15/h5-6,11,14H,1-4,7-10H2,(H,17,18). The lowest BCUT2D eigenvalue weighted by Crippen LogP contribution is -2.35. The molecule has 2 aliphatic heterocycles. The molecular formula is C16H21NO2S. The predicted molar refractivity (Wildman–Crippen MR) is 81.2 cm³/mol. The van der Waals surface area contributed by atoms with Crippen molar-refractivity contribution in [1.82, 2.24) is 5.32 Å². The molecule has 20 heavy (non-hydrogen) atoms. The summed E-state index contributed by atoms with van der Waals surface area (Å²) < 4.78 is 5.38.